The summed E-state index contributed by atoms with van der Waals surface area (Å²) in [5.74, 6) is -1.17. The summed E-state index contributed by atoms with van der Waals surface area (Å²) >= 11 is 0. The van der Waals surface area contributed by atoms with Crippen LogP contribution in [0.1, 0.15) is 23.5 Å². The van der Waals surface area contributed by atoms with E-state index in [0.717, 1.165) is 4.57 Å². The van der Waals surface area contributed by atoms with Crippen LogP contribution >= 0.6 is 0 Å². The summed E-state index contributed by atoms with van der Waals surface area (Å²) < 4.78 is 84.7. The summed E-state index contributed by atoms with van der Waals surface area (Å²) in [6.45, 7) is -1.44. The summed E-state index contributed by atoms with van der Waals surface area (Å²) in [4.78, 5) is 0. The highest BCUT2D eigenvalue weighted by Gasteiger charge is 2.12. The fourth-order valence-corrected chi connectivity index (χ4v) is 1.39. The van der Waals surface area contributed by atoms with Crippen molar-refractivity contribution in [3.8, 4) is 11.3 Å². The average Bonchev–Trinajstić information content (AvgIpc) is 2.51. The molecule has 0 atom stereocenters. The van der Waals surface area contributed by atoms with Crippen molar-refractivity contribution >= 4 is 0 Å². The predicted octanol–water partition coefficient (Wildman–Crippen LogP) is 2.93. The maximum absolute atomic E-state index is 13.8. The average molecular weight is 225 g/mol. The van der Waals surface area contributed by atoms with Crippen molar-refractivity contribution in [2.45, 2.75) is 13.8 Å². The van der Waals surface area contributed by atoms with Gasteiger partial charge in [0.1, 0.15) is 14.2 Å². The lowest BCUT2D eigenvalue weighted by Crippen LogP contribution is -2.31. The molecule has 0 amide bonds. The van der Waals surface area contributed by atoms with Crippen LogP contribution < -0.4 is 4.57 Å². The first-order valence-corrected chi connectivity index (χ1v) is 4.58. The molecule has 2 heteroatoms. The van der Waals surface area contributed by atoms with Crippen molar-refractivity contribution in [2.75, 3.05) is 0 Å². The van der Waals surface area contributed by atoms with E-state index in [1.165, 1.54) is 14.0 Å². The standard InChI is InChI=1S/C14H15FN/c1-10-4-7-14(16(3)9-10)13-6-5-12(15)8-11(13)2/h4-9H,1-3H3/q+1/i1D3,4D,5D,6D,7D,8D,9D. The molecule has 0 radical (unpaired) electrons. The van der Waals surface area contributed by atoms with Crippen LogP contribution in [-0.4, -0.2) is 0 Å². The Morgan fingerprint density at radius 3 is 2.88 bits per heavy atom. The van der Waals surface area contributed by atoms with Crippen LogP contribution in [0.15, 0.2) is 36.4 Å². The summed E-state index contributed by atoms with van der Waals surface area (Å²) in [5, 5.41) is 0. The molecular weight excluding hydrogens is 201 g/mol. The molecule has 0 N–H and O–H groups in total. The number of halogens is 1. The molecule has 0 unspecified atom stereocenters. The topological polar surface area (TPSA) is 3.88 Å². The number of hydrogen-bond donors (Lipinski definition) is 0. The number of rotatable bonds is 1. The fourth-order valence-electron chi connectivity index (χ4n) is 1.39. The molecular formula is C14H15FN+. The van der Waals surface area contributed by atoms with Crippen molar-refractivity contribution in [2.24, 2.45) is 7.05 Å². The van der Waals surface area contributed by atoms with Gasteiger partial charge in [-0.3, -0.25) is 0 Å². The van der Waals surface area contributed by atoms with Crippen molar-refractivity contribution in [1.29, 1.82) is 0 Å². The minimum absolute atomic E-state index is 0.0250. The van der Waals surface area contributed by atoms with Gasteiger partial charge >= 0.3 is 0 Å². The van der Waals surface area contributed by atoms with Crippen molar-refractivity contribution in [3.05, 3.63) is 53.3 Å². The third-order valence-electron chi connectivity index (χ3n) is 2.13. The Bertz CT molecular complexity index is 831. The lowest BCUT2D eigenvalue weighted by atomic mass is 10.0. The maximum Gasteiger partial charge on any atom is 0.212 e. The number of aromatic nitrogens is 1. The lowest BCUT2D eigenvalue weighted by Gasteiger charge is -2.04. The molecule has 1 aromatic heterocycles. The molecule has 0 saturated heterocycles. The molecule has 2 aromatic rings. The molecule has 1 heterocycles. The quantitative estimate of drug-likeness (QED) is 0.657. The second-order valence-electron chi connectivity index (χ2n) is 3.33. The summed E-state index contributed by atoms with van der Waals surface area (Å²) in [5.41, 5.74) is -0.939. The van der Waals surface area contributed by atoms with Gasteiger partial charge in [0, 0.05) is 21.3 Å². The third kappa shape index (κ3) is 1.96. The van der Waals surface area contributed by atoms with E-state index in [1.807, 2.05) is 0 Å². The lowest BCUT2D eigenvalue weighted by molar-refractivity contribution is -0.660. The Morgan fingerprint density at radius 1 is 1.31 bits per heavy atom. The van der Waals surface area contributed by atoms with Gasteiger partial charge in [-0.25, -0.2) is 8.96 Å². The van der Waals surface area contributed by atoms with Crippen LogP contribution in [0.5, 0.6) is 0 Å². The zero-order valence-corrected chi connectivity index (χ0v) is 8.83. The molecule has 0 aliphatic carbocycles. The van der Waals surface area contributed by atoms with E-state index in [9.17, 15) is 4.39 Å². The van der Waals surface area contributed by atoms with Crippen LogP contribution in [0.3, 0.4) is 0 Å². The minimum Gasteiger partial charge on any atom is -0.207 e. The highest BCUT2D eigenvalue weighted by atomic mass is 19.1. The zero-order chi connectivity index (χ0) is 19.4. The van der Waals surface area contributed by atoms with E-state index >= 15 is 0 Å². The molecule has 1 aromatic carbocycles. The second-order valence-corrected chi connectivity index (χ2v) is 3.33. The first kappa shape index (κ1) is 4.28. The van der Waals surface area contributed by atoms with Gasteiger partial charge < -0.3 is 0 Å². The van der Waals surface area contributed by atoms with E-state index in [0.29, 0.717) is 0 Å². The SMILES string of the molecule is [2H]c1c([2H])c(-c2c([2H])c([2H])c(C([2H])([2H])[2H])c([2H])[n+]2C)c(C)c([2H])c1F. The first-order chi connectivity index (χ1) is 11.3. The summed E-state index contributed by atoms with van der Waals surface area (Å²) in [7, 11) is 1.29. The van der Waals surface area contributed by atoms with Crippen molar-refractivity contribution in [1.82, 2.24) is 0 Å². The Kier molecular flexibility index (Phi) is 1.08. The highest BCUT2D eigenvalue weighted by Crippen LogP contribution is 2.20. The van der Waals surface area contributed by atoms with Crippen LogP contribution in [0.4, 0.5) is 4.39 Å². The van der Waals surface area contributed by atoms with Crippen LogP contribution in [0, 0.1) is 19.6 Å². The molecule has 1 nitrogen and oxygen atoms in total. The number of benzene rings is 1. The second kappa shape index (κ2) is 4.05. The highest BCUT2D eigenvalue weighted by molar-refractivity contribution is 5.60. The smallest absolute Gasteiger partial charge is 0.207 e. The molecule has 0 bridgehead atoms. The molecule has 0 aliphatic heterocycles. The molecule has 0 spiro atoms. The summed E-state index contributed by atoms with van der Waals surface area (Å²) in [6.07, 6.45) is -0.544. The molecule has 0 aliphatic rings. The maximum atomic E-state index is 13.8. The Morgan fingerprint density at radius 2 is 2.12 bits per heavy atom. The van der Waals surface area contributed by atoms with Gasteiger partial charge in [-0.05, 0) is 43.5 Å². The Hall–Kier alpha value is -1.70. The number of pyridine rings is 1. The van der Waals surface area contributed by atoms with Gasteiger partial charge in [-0.1, -0.05) is 0 Å². The van der Waals surface area contributed by atoms with E-state index in [2.05, 4.69) is 0 Å². The number of hydrogen-bond acceptors (Lipinski definition) is 0. The van der Waals surface area contributed by atoms with E-state index in [-0.39, 0.29) is 16.8 Å². The van der Waals surface area contributed by atoms with Gasteiger partial charge in [-0.2, -0.15) is 0 Å². The predicted molar refractivity (Wildman–Crippen MR) is 62.5 cm³/mol. The van der Waals surface area contributed by atoms with Crippen LogP contribution in [0.25, 0.3) is 11.3 Å². The largest absolute Gasteiger partial charge is 0.212 e. The zero-order valence-electron chi connectivity index (χ0n) is 17.8. The summed E-state index contributed by atoms with van der Waals surface area (Å²) in [6, 6.07) is -3.29. The molecule has 16 heavy (non-hydrogen) atoms. The normalized spacial score (nSPS) is 19.3. The van der Waals surface area contributed by atoms with Gasteiger partial charge in [0.05, 0.1) is 6.85 Å². The molecule has 2 rings (SSSR count). The minimum atomic E-state index is -2.77. The fraction of sp³-hybridized carbons (Fsp3) is 0.214. The van der Waals surface area contributed by atoms with Gasteiger partial charge in [0.25, 0.3) is 0 Å². The van der Waals surface area contributed by atoms with Crippen LogP contribution in [0.2, 0.25) is 0 Å². The molecule has 82 valence electrons. The van der Waals surface area contributed by atoms with Crippen LogP contribution in [-0.2, 0) is 7.05 Å². The van der Waals surface area contributed by atoms with Crippen molar-refractivity contribution < 1.29 is 21.3 Å². The molecule has 0 saturated carbocycles. The van der Waals surface area contributed by atoms with Crippen molar-refractivity contribution in [3.63, 3.8) is 0 Å². The van der Waals surface area contributed by atoms with E-state index < -0.39 is 54.6 Å². The molecule has 0 fully saturated rings. The van der Waals surface area contributed by atoms with Gasteiger partial charge in [-0.15, -0.1) is 0 Å². The van der Waals surface area contributed by atoms with E-state index in [1.54, 1.807) is 0 Å². The Balaban J connectivity index is 3.03. The first-order valence-electron chi connectivity index (χ1n) is 9.08. The third-order valence-corrected chi connectivity index (χ3v) is 2.13. The Labute approximate surface area is 108 Å². The van der Waals surface area contributed by atoms with Gasteiger partial charge in [0.15, 0.2) is 6.17 Å². The number of nitrogens with zero attached hydrogens (tertiary/aromatic N) is 1. The monoisotopic (exact) mass is 225 g/mol. The van der Waals surface area contributed by atoms with E-state index in [4.69, 9.17) is 12.3 Å². The van der Waals surface area contributed by atoms with Gasteiger partial charge in [0.2, 0.25) is 5.69 Å².